The van der Waals surface area contributed by atoms with Gasteiger partial charge in [0, 0.05) is 26.4 Å². The molecule has 1 aromatic carbocycles. The summed E-state index contributed by atoms with van der Waals surface area (Å²) in [5.74, 6) is 0.927. The minimum absolute atomic E-state index is 0.0532. The van der Waals surface area contributed by atoms with Crippen molar-refractivity contribution in [1.29, 1.82) is 0 Å². The van der Waals surface area contributed by atoms with Crippen molar-refractivity contribution in [2.24, 2.45) is 0 Å². The Kier molecular flexibility index (Phi) is 8.13. The van der Waals surface area contributed by atoms with Gasteiger partial charge in [-0.15, -0.1) is 0 Å². The van der Waals surface area contributed by atoms with Gasteiger partial charge in [0.15, 0.2) is 30.7 Å². The van der Waals surface area contributed by atoms with E-state index in [9.17, 15) is 0 Å². The molecule has 0 bridgehead atoms. The molecule has 0 aliphatic heterocycles. The minimum Gasteiger partial charge on any atom is -0.464 e. The van der Waals surface area contributed by atoms with Gasteiger partial charge in [-0.2, -0.15) is 0 Å². The number of nitrogens with zero attached hydrogens (tertiary/aromatic N) is 1. The molecule has 0 fully saturated rings. The number of fused-ring (bicyclic) bond motifs is 1. The molecule has 0 unspecified atom stereocenters. The monoisotopic (exact) mass is 359 g/mol. The number of methoxy groups -OCH3 is 2. The summed E-state index contributed by atoms with van der Waals surface area (Å²) in [5, 5.41) is 0.265. The zero-order valence-corrected chi connectivity index (χ0v) is 14.5. The third-order valence-corrected chi connectivity index (χ3v) is 3.09. The van der Waals surface area contributed by atoms with Crippen LogP contribution in [0.1, 0.15) is 0 Å². The van der Waals surface area contributed by atoms with Gasteiger partial charge >= 0.3 is 0 Å². The Labute approximate surface area is 145 Å². The molecule has 0 aliphatic rings. The second kappa shape index (κ2) is 10.4. The van der Waals surface area contributed by atoms with Crippen LogP contribution in [0.15, 0.2) is 21.8 Å². The first-order chi connectivity index (χ1) is 11.7. The average Bonchev–Trinajstić information content (AvgIpc) is 2.93. The highest BCUT2D eigenvalue weighted by Crippen LogP contribution is 2.33. The van der Waals surface area contributed by atoms with Crippen LogP contribution in [0.3, 0.4) is 0 Å². The van der Waals surface area contributed by atoms with Crippen LogP contribution in [0.25, 0.3) is 11.1 Å². The van der Waals surface area contributed by atoms with Gasteiger partial charge in [0.25, 0.3) is 5.22 Å². The van der Waals surface area contributed by atoms with Crippen LogP contribution in [-0.2, 0) is 18.9 Å². The number of ether oxygens (including phenoxy) is 6. The van der Waals surface area contributed by atoms with E-state index in [1.165, 1.54) is 0 Å². The fraction of sp³-hybridized carbons (Fsp3) is 0.533. The van der Waals surface area contributed by atoms with Crippen molar-refractivity contribution in [3.05, 3.63) is 12.1 Å². The summed E-state index contributed by atoms with van der Waals surface area (Å²) in [6, 6.07) is 3.37. The Morgan fingerprint density at radius 2 is 1.50 bits per heavy atom. The summed E-state index contributed by atoms with van der Waals surface area (Å²) in [5.41, 5.74) is 1.15. The standard InChI is InChI=1S/C15H21NO7S/c1-17-3-5-19-9-21-13-7-11-12(23-15(24)16-11)8-14(13)22-10-20-6-4-18-2/h7-8H,3-6,9-10H2,1-2H3,(H,16,24). The highest BCUT2D eigenvalue weighted by molar-refractivity contribution is 7.80. The third kappa shape index (κ3) is 5.84. The quantitative estimate of drug-likeness (QED) is 0.351. The van der Waals surface area contributed by atoms with Crippen molar-refractivity contribution in [3.63, 3.8) is 0 Å². The lowest BCUT2D eigenvalue weighted by Crippen LogP contribution is -2.10. The summed E-state index contributed by atoms with van der Waals surface area (Å²) in [4.78, 5) is 4.15. The van der Waals surface area contributed by atoms with Gasteiger partial charge in [-0.25, -0.2) is 4.98 Å². The smallest absolute Gasteiger partial charge is 0.253 e. The molecular weight excluding hydrogens is 338 g/mol. The van der Waals surface area contributed by atoms with Crippen LogP contribution < -0.4 is 9.47 Å². The maximum absolute atomic E-state index is 5.59. The zero-order valence-electron chi connectivity index (χ0n) is 13.6. The summed E-state index contributed by atoms with van der Waals surface area (Å²) in [6.07, 6.45) is 0. The molecule has 0 aliphatic carbocycles. The molecule has 0 saturated carbocycles. The lowest BCUT2D eigenvalue weighted by molar-refractivity contribution is -0.0206. The number of thiol groups is 1. The molecule has 8 nitrogen and oxygen atoms in total. The molecule has 2 aromatic rings. The van der Waals surface area contributed by atoms with Crippen molar-refractivity contribution >= 4 is 23.7 Å². The maximum Gasteiger partial charge on any atom is 0.253 e. The van der Waals surface area contributed by atoms with E-state index in [0.29, 0.717) is 49.0 Å². The van der Waals surface area contributed by atoms with Gasteiger partial charge in [0.2, 0.25) is 0 Å². The third-order valence-electron chi connectivity index (χ3n) is 2.90. The first kappa shape index (κ1) is 18.8. The highest BCUT2D eigenvalue weighted by atomic mass is 32.1. The van der Waals surface area contributed by atoms with Crippen molar-refractivity contribution in [1.82, 2.24) is 4.98 Å². The predicted octanol–water partition coefficient (Wildman–Crippen LogP) is 2.12. The van der Waals surface area contributed by atoms with Crippen LogP contribution in [-0.4, -0.2) is 59.2 Å². The molecule has 0 amide bonds. The summed E-state index contributed by atoms with van der Waals surface area (Å²) in [6.45, 7) is 1.95. The molecule has 0 saturated heterocycles. The Hall–Kier alpha value is -1.52. The van der Waals surface area contributed by atoms with Crippen LogP contribution >= 0.6 is 12.6 Å². The van der Waals surface area contributed by atoms with Gasteiger partial charge in [0.1, 0.15) is 5.52 Å². The summed E-state index contributed by atoms with van der Waals surface area (Å²) in [7, 11) is 3.21. The van der Waals surface area contributed by atoms with E-state index < -0.39 is 0 Å². The predicted molar refractivity (Wildman–Crippen MR) is 87.9 cm³/mol. The minimum atomic E-state index is 0.0532. The molecule has 0 N–H and O–H groups in total. The van der Waals surface area contributed by atoms with Crippen LogP contribution in [0.5, 0.6) is 11.5 Å². The van der Waals surface area contributed by atoms with Gasteiger partial charge in [-0.05, 0) is 0 Å². The maximum atomic E-state index is 5.59. The fourth-order valence-corrected chi connectivity index (χ4v) is 1.97. The first-order valence-electron chi connectivity index (χ1n) is 7.27. The van der Waals surface area contributed by atoms with Crippen LogP contribution in [0, 0.1) is 0 Å². The molecule has 134 valence electrons. The normalized spacial score (nSPS) is 11.1. The largest absolute Gasteiger partial charge is 0.464 e. The number of benzene rings is 1. The highest BCUT2D eigenvalue weighted by Gasteiger charge is 2.12. The zero-order chi connectivity index (χ0) is 17.2. The SMILES string of the molecule is COCCOCOc1cc2nc(S)oc2cc1OCOCCOC. The van der Waals surface area contributed by atoms with Gasteiger partial charge in [-0.3, -0.25) is 0 Å². The van der Waals surface area contributed by atoms with E-state index >= 15 is 0 Å². The molecule has 24 heavy (non-hydrogen) atoms. The average molecular weight is 359 g/mol. The van der Waals surface area contributed by atoms with E-state index in [1.807, 2.05) is 0 Å². The van der Waals surface area contributed by atoms with Gasteiger partial charge in [0.05, 0.1) is 26.4 Å². The van der Waals surface area contributed by atoms with Crippen molar-refractivity contribution in [2.75, 3.05) is 54.2 Å². The van der Waals surface area contributed by atoms with Gasteiger partial charge < -0.3 is 32.8 Å². The summed E-state index contributed by atoms with van der Waals surface area (Å²) < 4.78 is 36.9. The lowest BCUT2D eigenvalue weighted by atomic mass is 10.3. The summed E-state index contributed by atoms with van der Waals surface area (Å²) >= 11 is 4.09. The molecule has 0 spiro atoms. The number of rotatable bonds is 12. The van der Waals surface area contributed by atoms with Gasteiger partial charge in [-0.1, -0.05) is 12.6 Å². The Morgan fingerprint density at radius 3 is 2.08 bits per heavy atom. The van der Waals surface area contributed by atoms with E-state index in [4.69, 9.17) is 32.8 Å². The van der Waals surface area contributed by atoms with Crippen LogP contribution in [0.2, 0.25) is 0 Å². The topological polar surface area (TPSA) is 81.4 Å². The Morgan fingerprint density at radius 1 is 0.917 bits per heavy atom. The van der Waals surface area contributed by atoms with E-state index in [1.54, 1.807) is 26.4 Å². The Bertz CT molecular complexity index is 568. The van der Waals surface area contributed by atoms with E-state index in [0.717, 1.165) is 0 Å². The first-order valence-corrected chi connectivity index (χ1v) is 7.72. The number of hydrogen-bond donors (Lipinski definition) is 1. The molecule has 9 heteroatoms. The van der Waals surface area contributed by atoms with Crippen molar-refractivity contribution in [2.45, 2.75) is 5.22 Å². The second-order valence-electron chi connectivity index (χ2n) is 4.59. The lowest BCUT2D eigenvalue weighted by Gasteiger charge is -2.13. The molecule has 1 heterocycles. The van der Waals surface area contributed by atoms with Crippen molar-refractivity contribution in [3.8, 4) is 11.5 Å². The molecule has 0 radical (unpaired) electrons. The second-order valence-corrected chi connectivity index (χ2v) is 4.97. The number of hydrogen-bond acceptors (Lipinski definition) is 9. The Balaban J connectivity index is 1.99. The van der Waals surface area contributed by atoms with E-state index in [-0.39, 0.29) is 18.8 Å². The molecule has 0 atom stereocenters. The van der Waals surface area contributed by atoms with E-state index in [2.05, 4.69) is 17.6 Å². The van der Waals surface area contributed by atoms with Crippen molar-refractivity contribution < 1.29 is 32.8 Å². The molecule has 2 rings (SSSR count). The fourth-order valence-electron chi connectivity index (χ4n) is 1.76. The molecular formula is C15H21NO7S. The number of oxazole rings is 1. The number of aromatic nitrogens is 1. The molecule has 1 aromatic heterocycles. The van der Waals surface area contributed by atoms with Crippen LogP contribution in [0.4, 0.5) is 0 Å².